The Hall–Kier alpha value is -3.12. The summed E-state index contributed by atoms with van der Waals surface area (Å²) < 4.78 is 2.22. The highest BCUT2D eigenvalue weighted by Gasteiger charge is 2.14. The van der Waals surface area contributed by atoms with E-state index >= 15 is 0 Å². The lowest BCUT2D eigenvalue weighted by Crippen LogP contribution is -2.17. The molecule has 0 saturated heterocycles. The van der Waals surface area contributed by atoms with E-state index in [1.807, 2.05) is 42.5 Å². The van der Waals surface area contributed by atoms with Gasteiger partial charge in [-0.15, -0.1) is 0 Å². The first kappa shape index (κ1) is 16.4. The SMILES string of the molecule is CN(C)CCn1ccc2cc(NC(=O)c3n[nH]c4ccccc34)ccc21. The second kappa shape index (κ2) is 6.65. The van der Waals surface area contributed by atoms with E-state index in [4.69, 9.17) is 0 Å². The van der Waals surface area contributed by atoms with Crippen molar-refractivity contribution in [3.05, 3.63) is 60.4 Å². The molecule has 2 N–H and O–H groups in total. The highest BCUT2D eigenvalue weighted by atomic mass is 16.1. The van der Waals surface area contributed by atoms with Crippen molar-refractivity contribution in [3.8, 4) is 0 Å². The smallest absolute Gasteiger partial charge is 0.276 e. The van der Waals surface area contributed by atoms with Crippen LogP contribution in [0.3, 0.4) is 0 Å². The summed E-state index contributed by atoms with van der Waals surface area (Å²) in [7, 11) is 4.14. The minimum atomic E-state index is -0.214. The first-order valence-electron chi connectivity index (χ1n) is 8.60. The Morgan fingerprint density at radius 1 is 1.19 bits per heavy atom. The van der Waals surface area contributed by atoms with Crippen LogP contribution in [0.5, 0.6) is 0 Å². The number of para-hydroxylation sites is 1. The maximum atomic E-state index is 12.6. The second-order valence-electron chi connectivity index (χ2n) is 6.66. The molecule has 4 rings (SSSR count). The van der Waals surface area contributed by atoms with Gasteiger partial charge in [0.05, 0.1) is 5.52 Å². The van der Waals surface area contributed by atoms with Gasteiger partial charge >= 0.3 is 0 Å². The Morgan fingerprint density at radius 2 is 2.04 bits per heavy atom. The van der Waals surface area contributed by atoms with Gasteiger partial charge < -0.3 is 14.8 Å². The average Bonchev–Trinajstić information content (AvgIpc) is 3.23. The van der Waals surface area contributed by atoms with Gasteiger partial charge in [-0.1, -0.05) is 18.2 Å². The number of nitrogens with one attached hydrogen (secondary N) is 2. The Labute approximate surface area is 151 Å². The largest absolute Gasteiger partial charge is 0.346 e. The molecule has 2 aromatic heterocycles. The molecule has 0 aliphatic heterocycles. The van der Waals surface area contributed by atoms with Gasteiger partial charge in [-0.25, -0.2) is 0 Å². The molecule has 4 aromatic rings. The van der Waals surface area contributed by atoms with Gasteiger partial charge in [0.25, 0.3) is 5.91 Å². The summed E-state index contributed by atoms with van der Waals surface area (Å²) >= 11 is 0. The van der Waals surface area contributed by atoms with E-state index in [-0.39, 0.29) is 5.91 Å². The maximum Gasteiger partial charge on any atom is 0.276 e. The molecule has 2 heterocycles. The fourth-order valence-corrected chi connectivity index (χ4v) is 3.11. The number of rotatable bonds is 5. The van der Waals surface area contributed by atoms with Gasteiger partial charge in [-0.2, -0.15) is 5.10 Å². The Kier molecular flexibility index (Phi) is 4.18. The quantitative estimate of drug-likeness (QED) is 0.582. The van der Waals surface area contributed by atoms with Gasteiger partial charge in [0.1, 0.15) is 0 Å². The normalized spacial score (nSPS) is 11.5. The number of nitrogens with zero attached hydrogens (tertiary/aromatic N) is 3. The number of carbonyl (C=O) groups is 1. The van der Waals surface area contributed by atoms with Crippen molar-refractivity contribution in [2.75, 3.05) is 26.0 Å². The highest BCUT2D eigenvalue weighted by Crippen LogP contribution is 2.22. The van der Waals surface area contributed by atoms with Gasteiger partial charge in [0.2, 0.25) is 0 Å². The molecule has 6 heteroatoms. The van der Waals surface area contributed by atoms with E-state index in [2.05, 4.69) is 51.3 Å². The second-order valence-corrected chi connectivity index (χ2v) is 6.66. The minimum absolute atomic E-state index is 0.214. The molecule has 0 unspecified atom stereocenters. The van der Waals surface area contributed by atoms with Crippen molar-refractivity contribution in [2.24, 2.45) is 0 Å². The number of fused-ring (bicyclic) bond motifs is 2. The number of aromatic nitrogens is 3. The van der Waals surface area contributed by atoms with Crippen molar-refractivity contribution in [3.63, 3.8) is 0 Å². The van der Waals surface area contributed by atoms with Crippen molar-refractivity contribution in [1.29, 1.82) is 0 Å². The van der Waals surface area contributed by atoms with Crippen LogP contribution in [0, 0.1) is 0 Å². The number of aromatic amines is 1. The summed E-state index contributed by atoms with van der Waals surface area (Å²) in [6.07, 6.45) is 2.08. The van der Waals surface area contributed by atoms with Gasteiger partial charge in [-0.05, 0) is 44.4 Å². The van der Waals surface area contributed by atoms with Gasteiger partial charge in [0, 0.05) is 41.3 Å². The van der Waals surface area contributed by atoms with Crippen molar-refractivity contribution in [1.82, 2.24) is 19.7 Å². The standard InChI is InChI=1S/C20H21N5O/c1-24(2)11-12-25-10-9-14-13-15(7-8-18(14)25)21-20(26)19-16-5-3-4-6-17(16)22-23-19/h3-10,13H,11-12H2,1-2H3,(H,21,26)(H,22,23). The number of hydrogen-bond acceptors (Lipinski definition) is 3. The number of anilines is 1. The molecule has 0 atom stereocenters. The molecule has 0 bridgehead atoms. The highest BCUT2D eigenvalue weighted by molar-refractivity contribution is 6.11. The lowest BCUT2D eigenvalue weighted by Gasteiger charge is -2.11. The van der Waals surface area contributed by atoms with Crippen LogP contribution in [0.4, 0.5) is 5.69 Å². The molecule has 26 heavy (non-hydrogen) atoms. The summed E-state index contributed by atoms with van der Waals surface area (Å²) in [5.74, 6) is -0.214. The third-order valence-corrected chi connectivity index (χ3v) is 4.50. The molecular formula is C20H21N5O. The van der Waals surface area contributed by atoms with Gasteiger partial charge in [0.15, 0.2) is 5.69 Å². The molecule has 0 radical (unpaired) electrons. The monoisotopic (exact) mass is 347 g/mol. The van der Waals surface area contributed by atoms with Gasteiger partial charge in [-0.3, -0.25) is 9.89 Å². The molecule has 0 aliphatic rings. The molecule has 6 nitrogen and oxygen atoms in total. The molecule has 1 amide bonds. The van der Waals surface area contributed by atoms with E-state index in [0.717, 1.165) is 40.6 Å². The van der Waals surface area contributed by atoms with E-state index in [1.165, 1.54) is 0 Å². The van der Waals surface area contributed by atoms with E-state index in [1.54, 1.807) is 0 Å². The lowest BCUT2D eigenvalue weighted by molar-refractivity contribution is 0.102. The van der Waals surface area contributed by atoms with E-state index < -0.39 is 0 Å². The average molecular weight is 347 g/mol. The summed E-state index contributed by atoms with van der Waals surface area (Å²) in [6.45, 7) is 1.91. The van der Waals surface area contributed by atoms with Crippen LogP contribution in [0.2, 0.25) is 0 Å². The summed E-state index contributed by atoms with van der Waals surface area (Å²) in [4.78, 5) is 14.8. The van der Waals surface area contributed by atoms with Crippen LogP contribution in [-0.2, 0) is 6.54 Å². The van der Waals surface area contributed by atoms with E-state index in [0.29, 0.717) is 5.69 Å². The maximum absolute atomic E-state index is 12.6. The molecule has 0 fully saturated rings. The Morgan fingerprint density at radius 3 is 2.88 bits per heavy atom. The summed E-state index contributed by atoms with van der Waals surface area (Å²) in [5.41, 5.74) is 3.19. The van der Waals surface area contributed by atoms with Crippen molar-refractivity contribution >= 4 is 33.4 Å². The Balaban J connectivity index is 1.56. The molecule has 2 aromatic carbocycles. The number of amides is 1. The van der Waals surface area contributed by atoms with Crippen molar-refractivity contribution in [2.45, 2.75) is 6.54 Å². The zero-order valence-electron chi connectivity index (χ0n) is 14.9. The minimum Gasteiger partial charge on any atom is -0.346 e. The zero-order valence-corrected chi connectivity index (χ0v) is 14.9. The van der Waals surface area contributed by atoms with Crippen LogP contribution >= 0.6 is 0 Å². The summed E-state index contributed by atoms with van der Waals surface area (Å²) in [6, 6.07) is 15.7. The third kappa shape index (κ3) is 3.07. The number of likely N-dealkylation sites (N-methyl/N-ethyl adjacent to an activating group) is 1. The predicted molar refractivity (Wildman–Crippen MR) is 105 cm³/mol. The fourth-order valence-electron chi connectivity index (χ4n) is 3.11. The molecular weight excluding hydrogens is 326 g/mol. The van der Waals surface area contributed by atoms with Crippen LogP contribution in [0.1, 0.15) is 10.5 Å². The van der Waals surface area contributed by atoms with Crippen molar-refractivity contribution < 1.29 is 4.79 Å². The number of hydrogen-bond donors (Lipinski definition) is 2. The summed E-state index contributed by atoms with van der Waals surface area (Å²) in [5, 5.41) is 11.9. The van der Waals surface area contributed by atoms with Crippen LogP contribution < -0.4 is 5.32 Å². The molecule has 132 valence electrons. The number of benzene rings is 2. The molecule has 0 saturated carbocycles. The van der Waals surface area contributed by atoms with Crippen LogP contribution in [-0.4, -0.2) is 46.2 Å². The molecule has 0 aliphatic carbocycles. The zero-order chi connectivity index (χ0) is 18.1. The number of H-pyrrole nitrogens is 1. The third-order valence-electron chi connectivity index (χ3n) is 4.50. The van der Waals surface area contributed by atoms with E-state index in [9.17, 15) is 4.79 Å². The first-order valence-corrected chi connectivity index (χ1v) is 8.60. The fraction of sp³-hybridized carbons (Fsp3) is 0.200. The Bertz CT molecular complexity index is 1080. The topological polar surface area (TPSA) is 65.9 Å². The first-order chi connectivity index (χ1) is 12.6. The lowest BCUT2D eigenvalue weighted by atomic mass is 10.2. The predicted octanol–water partition coefficient (Wildman–Crippen LogP) is 3.33. The van der Waals surface area contributed by atoms with Crippen LogP contribution in [0.15, 0.2) is 54.7 Å². The van der Waals surface area contributed by atoms with Crippen LogP contribution in [0.25, 0.3) is 21.8 Å². The molecule has 0 spiro atoms. The number of carbonyl (C=O) groups excluding carboxylic acids is 1.